The Labute approximate surface area is 191 Å². The van der Waals surface area contributed by atoms with Gasteiger partial charge in [-0.2, -0.15) is 4.31 Å². The van der Waals surface area contributed by atoms with E-state index in [4.69, 9.17) is 4.74 Å². The summed E-state index contributed by atoms with van der Waals surface area (Å²) in [6.07, 6.45) is 5.34. The Hall–Kier alpha value is -2.26. The van der Waals surface area contributed by atoms with Gasteiger partial charge >= 0.3 is 0 Å². The number of nitrogens with zero attached hydrogens (tertiary/aromatic N) is 3. The first-order valence-electron chi connectivity index (χ1n) is 10.9. The highest BCUT2D eigenvalue weighted by Crippen LogP contribution is 2.34. The molecule has 8 heteroatoms. The number of aliphatic hydroxyl groups excluding tert-OH is 1. The minimum atomic E-state index is -3.82. The lowest BCUT2D eigenvalue weighted by Crippen LogP contribution is -2.49. The molecule has 174 valence electrons. The minimum absolute atomic E-state index is 0.0940. The summed E-state index contributed by atoms with van der Waals surface area (Å²) < 4.78 is 34.7. The van der Waals surface area contributed by atoms with Crippen LogP contribution in [0, 0.1) is 5.92 Å². The molecule has 0 unspecified atom stereocenters. The molecule has 1 aromatic heterocycles. The van der Waals surface area contributed by atoms with Crippen LogP contribution < -0.4 is 4.74 Å². The van der Waals surface area contributed by atoms with Gasteiger partial charge in [0.25, 0.3) is 0 Å². The molecule has 1 aliphatic heterocycles. The van der Waals surface area contributed by atoms with Crippen LogP contribution in [0.15, 0.2) is 53.6 Å². The summed E-state index contributed by atoms with van der Waals surface area (Å²) >= 11 is 0. The maximum absolute atomic E-state index is 13.5. The van der Waals surface area contributed by atoms with Crippen LogP contribution in [0.2, 0.25) is 0 Å². The van der Waals surface area contributed by atoms with Crippen LogP contribution in [0.25, 0.3) is 6.08 Å². The Kier molecular flexibility index (Phi) is 8.05. The van der Waals surface area contributed by atoms with Gasteiger partial charge in [0.05, 0.1) is 12.3 Å². The van der Waals surface area contributed by atoms with Crippen LogP contribution in [-0.4, -0.2) is 66.6 Å². The van der Waals surface area contributed by atoms with Crippen LogP contribution in [0.4, 0.5) is 0 Å². The predicted molar refractivity (Wildman–Crippen MR) is 126 cm³/mol. The number of ether oxygens (including phenoxy) is 1. The Balaban J connectivity index is 1.97. The Morgan fingerprint density at radius 1 is 1.34 bits per heavy atom. The third-order valence-corrected chi connectivity index (χ3v) is 7.72. The van der Waals surface area contributed by atoms with Crippen molar-refractivity contribution in [3.05, 3.63) is 59.9 Å². The minimum Gasteiger partial charge on any atom is -0.487 e. The number of fused-ring (bicyclic) bond motifs is 1. The third kappa shape index (κ3) is 5.56. The summed E-state index contributed by atoms with van der Waals surface area (Å²) in [4.78, 5) is 6.66. The molecule has 32 heavy (non-hydrogen) atoms. The van der Waals surface area contributed by atoms with E-state index in [0.29, 0.717) is 18.8 Å². The average molecular weight is 460 g/mol. The highest BCUT2D eigenvalue weighted by atomic mass is 32.2. The second-order valence-electron chi connectivity index (χ2n) is 8.46. The molecule has 0 bridgehead atoms. The fraction of sp³-hybridized carbons (Fsp3) is 0.458. The van der Waals surface area contributed by atoms with Crippen molar-refractivity contribution in [2.75, 3.05) is 26.7 Å². The molecule has 1 aliphatic rings. The first-order chi connectivity index (χ1) is 15.3. The fourth-order valence-corrected chi connectivity index (χ4v) is 5.72. The summed E-state index contributed by atoms with van der Waals surface area (Å²) in [5.74, 6) is 0.252. The van der Waals surface area contributed by atoms with Crippen molar-refractivity contribution in [1.29, 1.82) is 0 Å². The van der Waals surface area contributed by atoms with Crippen molar-refractivity contribution in [1.82, 2.24) is 14.2 Å². The molecule has 1 aromatic carbocycles. The third-order valence-electron chi connectivity index (χ3n) is 5.70. The zero-order chi connectivity index (χ0) is 23.3. The molecular formula is C24H33N3O4S. The van der Waals surface area contributed by atoms with Crippen LogP contribution in [0.3, 0.4) is 0 Å². The second-order valence-corrected chi connectivity index (χ2v) is 10.3. The van der Waals surface area contributed by atoms with Gasteiger partial charge in [-0.25, -0.2) is 8.42 Å². The van der Waals surface area contributed by atoms with E-state index >= 15 is 0 Å². The lowest BCUT2D eigenvalue weighted by atomic mass is 10.0. The number of allylic oxidation sites excluding steroid dienone is 1. The Morgan fingerprint density at radius 2 is 2.12 bits per heavy atom. The Morgan fingerprint density at radius 3 is 2.78 bits per heavy atom. The first-order valence-corrected chi connectivity index (χ1v) is 12.3. The topological polar surface area (TPSA) is 83.0 Å². The van der Waals surface area contributed by atoms with Gasteiger partial charge in [-0.3, -0.25) is 9.88 Å². The lowest BCUT2D eigenvalue weighted by molar-refractivity contribution is 0.0730. The van der Waals surface area contributed by atoms with E-state index < -0.39 is 16.1 Å². The van der Waals surface area contributed by atoms with Gasteiger partial charge in [-0.1, -0.05) is 31.2 Å². The number of hydrogen-bond acceptors (Lipinski definition) is 6. The molecule has 0 fully saturated rings. The molecule has 3 rings (SSSR count). The van der Waals surface area contributed by atoms with Gasteiger partial charge in [-0.05, 0) is 50.7 Å². The van der Waals surface area contributed by atoms with Crippen molar-refractivity contribution in [3.8, 4) is 5.75 Å². The van der Waals surface area contributed by atoms with E-state index in [0.717, 1.165) is 11.3 Å². The van der Waals surface area contributed by atoms with Crippen LogP contribution in [0.5, 0.6) is 5.75 Å². The molecule has 0 saturated carbocycles. The predicted octanol–water partition coefficient (Wildman–Crippen LogP) is 3.02. The van der Waals surface area contributed by atoms with E-state index in [2.05, 4.69) is 9.88 Å². The highest BCUT2D eigenvalue weighted by molar-refractivity contribution is 7.89. The van der Waals surface area contributed by atoms with Crippen molar-refractivity contribution in [2.24, 2.45) is 5.92 Å². The van der Waals surface area contributed by atoms with Gasteiger partial charge in [-0.15, -0.1) is 0 Å². The van der Waals surface area contributed by atoms with Gasteiger partial charge in [0.1, 0.15) is 16.7 Å². The summed E-state index contributed by atoms with van der Waals surface area (Å²) in [7, 11) is -1.81. The van der Waals surface area contributed by atoms with E-state index in [9.17, 15) is 13.5 Å². The maximum Gasteiger partial charge on any atom is 0.247 e. The van der Waals surface area contributed by atoms with Crippen molar-refractivity contribution in [2.45, 2.75) is 44.4 Å². The standard InChI is InChI=1S/C24H33N3O4S/c1-5-8-20-10-11-24-22(13-20)31-23(16-26(4)15-21-9-6-7-12-25-21)18(2)14-27(19(3)17-28)32(24,29)30/h5-13,18-19,23,28H,14-17H2,1-4H3/t18-,19+,23-/m1/s1. The monoisotopic (exact) mass is 459 g/mol. The molecule has 0 amide bonds. The van der Waals surface area contributed by atoms with Crippen molar-refractivity contribution < 1.29 is 18.3 Å². The number of hydrogen-bond donors (Lipinski definition) is 1. The molecule has 0 radical (unpaired) electrons. The second kappa shape index (κ2) is 10.6. The number of pyridine rings is 1. The molecule has 0 saturated heterocycles. The number of aromatic nitrogens is 1. The molecule has 2 aromatic rings. The summed E-state index contributed by atoms with van der Waals surface area (Å²) in [5, 5.41) is 9.74. The van der Waals surface area contributed by atoms with Gasteiger partial charge in [0, 0.05) is 37.8 Å². The number of aliphatic hydroxyl groups is 1. The van der Waals surface area contributed by atoms with Gasteiger partial charge in [0.2, 0.25) is 10.0 Å². The maximum atomic E-state index is 13.5. The smallest absolute Gasteiger partial charge is 0.247 e. The van der Waals surface area contributed by atoms with Crippen LogP contribution >= 0.6 is 0 Å². The largest absolute Gasteiger partial charge is 0.487 e. The van der Waals surface area contributed by atoms with E-state index in [1.807, 2.05) is 51.2 Å². The molecule has 0 spiro atoms. The molecule has 2 heterocycles. The molecule has 0 aliphatic carbocycles. The molecular weight excluding hydrogens is 426 g/mol. The van der Waals surface area contributed by atoms with E-state index in [1.165, 1.54) is 4.31 Å². The summed E-state index contributed by atoms with van der Waals surface area (Å²) in [6, 6.07) is 10.4. The quantitative estimate of drug-likeness (QED) is 0.685. The zero-order valence-corrected chi connectivity index (χ0v) is 20.0. The van der Waals surface area contributed by atoms with Gasteiger partial charge < -0.3 is 9.84 Å². The summed E-state index contributed by atoms with van der Waals surface area (Å²) in [6.45, 7) is 6.91. The van der Waals surface area contributed by atoms with E-state index in [1.54, 1.807) is 31.3 Å². The average Bonchev–Trinajstić information content (AvgIpc) is 2.76. The number of sulfonamides is 1. The number of benzene rings is 1. The fourth-order valence-electron chi connectivity index (χ4n) is 3.90. The molecule has 3 atom stereocenters. The van der Waals surface area contributed by atoms with E-state index in [-0.39, 0.29) is 30.1 Å². The highest BCUT2D eigenvalue weighted by Gasteiger charge is 2.38. The normalized spacial score (nSPS) is 22.2. The van der Waals surface area contributed by atoms with Crippen LogP contribution in [0.1, 0.15) is 32.0 Å². The Bertz CT molecular complexity index is 1030. The SMILES string of the molecule is CC=Cc1ccc2c(c1)O[C@H](CN(C)Cc1ccccn1)[C@H](C)CN([C@@H](C)CO)S2(=O)=O. The van der Waals surface area contributed by atoms with Crippen LogP contribution in [-0.2, 0) is 16.6 Å². The zero-order valence-electron chi connectivity index (χ0n) is 19.2. The van der Waals surface area contributed by atoms with Crippen molar-refractivity contribution >= 4 is 16.1 Å². The van der Waals surface area contributed by atoms with Gasteiger partial charge in [0.15, 0.2) is 0 Å². The first kappa shape index (κ1) is 24.4. The lowest BCUT2D eigenvalue weighted by Gasteiger charge is -2.37. The number of likely N-dealkylation sites (N-methyl/N-ethyl adjacent to an activating group) is 1. The molecule has 7 nitrogen and oxygen atoms in total. The molecule has 1 N–H and O–H groups in total. The van der Waals surface area contributed by atoms with Crippen molar-refractivity contribution in [3.63, 3.8) is 0 Å². The number of rotatable bonds is 7. The summed E-state index contributed by atoms with van der Waals surface area (Å²) in [5.41, 5.74) is 1.83.